The standard InChI is InChI=1S/C34H40Cl2N2O3/c1-23(2)30-18-27(26-10-15-31(35)32(36)19-26)21-41-34(30)25-8-13-29(14-9-25)40-22-33(39)37-28-11-6-24(7-12-28)20-38-16-4-3-5-17-38/h6-15,19,23,27,30,34H,3-5,16-18,20-22H2,1-2H3,(H,37,39)/t27-,30-,34-/m0/s1. The van der Waals surface area contributed by atoms with Gasteiger partial charge in [0.25, 0.3) is 5.91 Å². The number of nitrogens with zero attached hydrogens (tertiary/aromatic N) is 1. The molecule has 2 fully saturated rings. The molecule has 0 unspecified atom stereocenters. The number of likely N-dealkylation sites (tertiary alicyclic amines) is 1. The maximum absolute atomic E-state index is 12.5. The van der Waals surface area contributed by atoms with Gasteiger partial charge < -0.3 is 14.8 Å². The average molecular weight is 596 g/mol. The molecule has 3 atom stereocenters. The van der Waals surface area contributed by atoms with Crippen molar-refractivity contribution < 1.29 is 14.3 Å². The maximum Gasteiger partial charge on any atom is 0.262 e. The van der Waals surface area contributed by atoms with Crippen LogP contribution in [-0.4, -0.2) is 37.1 Å². The first-order valence-corrected chi connectivity index (χ1v) is 15.5. The zero-order valence-corrected chi connectivity index (χ0v) is 25.5. The summed E-state index contributed by atoms with van der Waals surface area (Å²) < 4.78 is 12.2. The molecule has 0 bridgehead atoms. The Morgan fingerprint density at radius 3 is 2.34 bits per heavy atom. The van der Waals surface area contributed by atoms with Gasteiger partial charge in [-0.25, -0.2) is 0 Å². The summed E-state index contributed by atoms with van der Waals surface area (Å²) in [6.45, 7) is 8.38. The van der Waals surface area contributed by atoms with E-state index in [9.17, 15) is 4.79 Å². The van der Waals surface area contributed by atoms with Crippen molar-refractivity contribution in [3.05, 3.63) is 93.5 Å². The third kappa shape index (κ3) is 8.04. The lowest BCUT2D eigenvalue weighted by Crippen LogP contribution is -2.31. The number of carbonyl (C=O) groups is 1. The van der Waals surface area contributed by atoms with Gasteiger partial charge in [-0.2, -0.15) is 0 Å². The van der Waals surface area contributed by atoms with E-state index in [2.05, 4.69) is 36.2 Å². The summed E-state index contributed by atoms with van der Waals surface area (Å²) in [6.07, 6.45) is 4.92. The summed E-state index contributed by atoms with van der Waals surface area (Å²) in [5.74, 6) is 1.56. The Labute approximate surface area is 254 Å². The molecule has 3 aromatic carbocycles. The molecule has 2 saturated heterocycles. The van der Waals surface area contributed by atoms with E-state index in [4.69, 9.17) is 32.7 Å². The number of ether oxygens (including phenoxy) is 2. The molecule has 5 rings (SSSR count). The van der Waals surface area contributed by atoms with Crippen LogP contribution in [0.2, 0.25) is 10.0 Å². The second-order valence-corrected chi connectivity index (χ2v) is 12.5. The van der Waals surface area contributed by atoms with Gasteiger partial charge in [0.05, 0.1) is 22.8 Å². The first-order valence-electron chi connectivity index (χ1n) is 14.8. The number of hydrogen-bond donors (Lipinski definition) is 1. The van der Waals surface area contributed by atoms with Crippen molar-refractivity contribution in [1.82, 2.24) is 4.90 Å². The quantitative estimate of drug-likeness (QED) is 0.270. The summed E-state index contributed by atoms with van der Waals surface area (Å²) in [7, 11) is 0. The molecule has 0 aromatic heterocycles. The predicted octanol–water partition coefficient (Wildman–Crippen LogP) is 8.51. The van der Waals surface area contributed by atoms with E-state index in [0.717, 1.165) is 24.2 Å². The van der Waals surface area contributed by atoms with Gasteiger partial charge in [-0.3, -0.25) is 9.69 Å². The zero-order chi connectivity index (χ0) is 28.8. The third-order valence-electron chi connectivity index (χ3n) is 8.37. The highest BCUT2D eigenvalue weighted by Crippen LogP contribution is 2.44. The Hall–Kier alpha value is -2.57. The topological polar surface area (TPSA) is 50.8 Å². The predicted molar refractivity (Wildman–Crippen MR) is 167 cm³/mol. The second kappa shape index (κ2) is 14.1. The van der Waals surface area contributed by atoms with E-state index < -0.39 is 0 Å². The molecule has 0 saturated carbocycles. The van der Waals surface area contributed by atoms with Crippen molar-refractivity contribution in [1.29, 1.82) is 0 Å². The molecule has 0 spiro atoms. The van der Waals surface area contributed by atoms with Crippen LogP contribution in [0.5, 0.6) is 5.75 Å². The second-order valence-electron chi connectivity index (χ2n) is 11.7. The molecular weight excluding hydrogens is 555 g/mol. The highest BCUT2D eigenvalue weighted by atomic mass is 35.5. The number of hydrogen-bond acceptors (Lipinski definition) is 4. The van der Waals surface area contributed by atoms with Crippen LogP contribution in [0.15, 0.2) is 66.7 Å². The monoisotopic (exact) mass is 594 g/mol. The minimum atomic E-state index is -0.179. The number of piperidine rings is 1. The number of carbonyl (C=O) groups excluding carboxylic acids is 1. The van der Waals surface area contributed by atoms with E-state index in [1.807, 2.05) is 54.6 Å². The van der Waals surface area contributed by atoms with Crippen molar-refractivity contribution in [3.8, 4) is 5.75 Å². The summed E-state index contributed by atoms with van der Waals surface area (Å²) >= 11 is 12.4. The highest BCUT2D eigenvalue weighted by Gasteiger charge is 2.35. The Bertz CT molecular complexity index is 1290. The molecule has 218 valence electrons. The number of nitrogens with one attached hydrogen (secondary N) is 1. The summed E-state index contributed by atoms with van der Waals surface area (Å²) in [5, 5.41) is 4.09. The highest BCUT2D eigenvalue weighted by molar-refractivity contribution is 6.42. The van der Waals surface area contributed by atoms with Crippen LogP contribution in [0.4, 0.5) is 5.69 Å². The van der Waals surface area contributed by atoms with Crippen molar-refractivity contribution in [2.45, 2.75) is 58.1 Å². The van der Waals surface area contributed by atoms with Crippen LogP contribution in [-0.2, 0) is 16.1 Å². The molecule has 2 aliphatic heterocycles. The normalized spacial score (nSPS) is 21.5. The molecule has 2 heterocycles. The van der Waals surface area contributed by atoms with Gasteiger partial charge in [-0.05, 0) is 97.3 Å². The summed E-state index contributed by atoms with van der Waals surface area (Å²) in [4.78, 5) is 15.0. The minimum Gasteiger partial charge on any atom is -0.484 e. The first-order chi connectivity index (χ1) is 19.9. The van der Waals surface area contributed by atoms with E-state index in [1.165, 1.54) is 43.5 Å². The van der Waals surface area contributed by atoms with Gasteiger partial charge in [-0.1, -0.05) is 73.8 Å². The molecule has 1 amide bonds. The lowest BCUT2D eigenvalue weighted by atomic mass is 9.76. The Morgan fingerprint density at radius 1 is 0.951 bits per heavy atom. The molecule has 7 heteroatoms. The molecule has 0 radical (unpaired) electrons. The fourth-order valence-corrected chi connectivity index (χ4v) is 6.30. The Kier molecular flexibility index (Phi) is 10.3. The van der Waals surface area contributed by atoms with Crippen LogP contribution in [0.1, 0.15) is 68.2 Å². The number of anilines is 1. The van der Waals surface area contributed by atoms with Gasteiger partial charge >= 0.3 is 0 Å². The molecule has 3 aromatic rings. The molecule has 1 N–H and O–H groups in total. The smallest absolute Gasteiger partial charge is 0.262 e. The number of benzene rings is 3. The number of rotatable bonds is 9. The Balaban J connectivity index is 1.12. The third-order valence-corrected chi connectivity index (χ3v) is 9.10. The number of amides is 1. The van der Waals surface area contributed by atoms with Crippen molar-refractivity contribution >= 4 is 34.8 Å². The van der Waals surface area contributed by atoms with E-state index in [1.54, 1.807) is 0 Å². The van der Waals surface area contributed by atoms with Crippen molar-refractivity contribution in [2.24, 2.45) is 11.8 Å². The molecule has 41 heavy (non-hydrogen) atoms. The van der Waals surface area contributed by atoms with Crippen molar-refractivity contribution in [2.75, 3.05) is 31.6 Å². The summed E-state index contributed by atoms with van der Waals surface area (Å²) in [5.41, 5.74) is 4.34. The molecule has 2 aliphatic rings. The molecule has 0 aliphatic carbocycles. The van der Waals surface area contributed by atoms with Gasteiger partial charge in [0.2, 0.25) is 0 Å². The maximum atomic E-state index is 12.5. The van der Waals surface area contributed by atoms with Crippen LogP contribution >= 0.6 is 23.2 Å². The van der Waals surface area contributed by atoms with E-state index >= 15 is 0 Å². The van der Waals surface area contributed by atoms with Gasteiger partial charge in [0, 0.05) is 18.2 Å². The first kappa shape index (κ1) is 29.9. The fourth-order valence-electron chi connectivity index (χ4n) is 6.00. The largest absolute Gasteiger partial charge is 0.484 e. The van der Waals surface area contributed by atoms with Crippen LogP contribution in [0, 0.1) is 11.8 Å². The van der Waals surface area contributed by atoms with Crippen LogP contribution in [0.3, 0.4) is 0 Å². The SMILES string of the molecule is CC(C)[C@@H]1C[C@H](c2ccc(Cl)c(Cl)c2)CO[C@H]1c1ccc(OCC(=O)Nc2ccc(CN3CCCCC3)cc2)cc1. The van der Waals surface area contributed by atoms with Crippen molar-refractivity contribution in [3.63, 3.8) is 0 Å². The minimum absolute atomic E-state index is 0.00394. The van der Waals surface area contributed by atoms with E-state index in [-0.39, 0.29) is 24.5 Å². The zero-order valence-electron chi connectivity index (χ0n) is 24.0. The molecular formula is C34H40Cl2N2O3. The Morgan fingerprint density at radius 2 is 1.66 bits per heavy atom. The van der Waals surface area contributed by atoms with Gasteiger partial charge in [0.15, 0.2) is 6.61 Å². The number of halogens is 2. The van der Waals surface area contributed by atoms with Crippen LogP contribution in [0.25, 0.3) is 0 Å². The summed E-state index contributed by atoms with van der Waals surface area (Å²) in [6, 6.07) is 21.9. The lowest BCUT2D eigenvalue weighted by Gasteiger charge is -2.39. The van der Waals surface area contributed by atoms with Gasteiger partial charge in [-0.15, -0.1) is 0 Å². The van der Waals surface area contributed by atoms with Gasteiger partial charge in [0.1, 0.15) is 5.75 Å². The average Bonchev–Trinajstić information content (AvgIpc) is 2.99. The van der Waals surface area contributed by atoms with Crippen LogP contribution < -0.4 is 10.1 Å². The van der Waals surface area contributed by atoms with E-state index in [0.29, 0.717) is 34.2 Å². The molecule has 5 nitrogen and oxygen atoms in total. The fraction of sp³-hybridized carbons (Fsp3) is 0.441. The lowest BCUT2D eigenvalue weighted by molar-refractivity contribution is -0.118.